The van der Waals surface area contributed by atoms with Gasteiger partial charge >= 0.3 is 0 Å². The zero-order chi connectivity index (χ0) is 23.2. The molecule has 3 aromatic rings. The van der Waals surface area contributed by atoms with E-state index in [1.54, 1.807) is 20.3 Å². The molecule has 0 aromatic heterocycles. The van der Waals surface area contributed by atoms with Crippen LogP contribution in [0, 0.1) is 5.82 Å². The number of rotatable bonds is 8. The highest BCUT2D eigenvalue weighted by Gasteiger charge is 2.24. The molecule has 0 radical (unpaired) electrons. The molecule has 1 atom stereocenters. The van der Waals surface area contributed by atoms with Gasteiger partial charge in [-0.25, -0.2) is 4.39 Å². The SMILES string of the molecule is COc1ccc(CN2CCN(c3ccc(NSc4cccc(F)c4)cc3)C[C@@H]2C)cc1OC. The Balaban J connectivity index is 1.32. The second-order valence-electron chi connectivity index (χ2n) is 8.16. The van der Waals surface area contributed by atoms with E-state index in [1.165, 1.54) is 35.3 Å². The highest BCUT2D eigenvalue weighted by atomic mass is 32.2. The molecule has 5 nitrogen and oxygen atoms in total. The fourth-order valence-corrected chi connectivity index (χ4v) is 4.76. The molecule has 7 heteroatoms. The Morgan fingerprint density at radius 2 is 1.76 bits per heavy atom. The van der Waals surface area contributed by atoms with Gasteiger partial charge in [-0.1, -0.05) is 12.1 Å². The van der Waals surface area contributed by atoms with Crippen molar-refractivity contribution in [2.24, 2.45) is 0 Å². The van der Waals surface area contributed by atoms with Crippen LogP contribution in [0.1, 0.15) is 12.5 Å². The number of piperazine rings is 1. The minimum atomic E-state index is -0.225. The third-order valence-electron chi connectivity index (χ3n) is 5.91. The molecule has 0 saturated carbocycles. The number of benzene rings is 3. The Morgan fingerprint density at radius 1 is 0.970 bits per heavy atom. The van der Waals surface area contributed by atoms with Crippen molar-refractivity contribution in [2.75, 3.05) is 43.5 Å². The summed E-state index contributed by atoms with van der Waals surface area (Å²) in [6.07, 6.45) is 0. The van der Waals surface area contributed by atoms with Crippen molar-refractivity contribution >= 4 is 23.3 Å². The number of ether oxygens (including phenoxy) is 2. The number of nitrogens with zero attached hydrogens (tertiary/aromatic N) is 2. The fourth-order valence-electron chi connectivity index (χ4n) is 4.07. The van der Waals surface area contributed by atoms with Crippen LogP contribution in [0.4, 0.5) is 15.8 Å². The van der Waals surface area contributed by atoms with E-state index in [1.807, 2.05) is 12.1 Å². The molecule has 1 heterocycles. The van der Waals surface area contributed by atoms with E-state index in [0.717, 1.165) is 48.3 Å². The summed E-state index contributed by atoms with van der Waals surface area (Å²) in [5.74, 6) is 1.30. The lowest BCUT2D eigenvalue weighted by atomic mass is 10.1. The zero-order valence-corrected chi connectivity index (χ0v) is 20.1. The lowest BCUT2D eigenvalue weighted by Gasteiger charge is -2.41. The maximum atomic E-state index is 13.3. The maximum Gasteiger partial charge on any atom is 0.161 e. The first-order valence-electron chi connectivity index (χ1n) is 11.0. The minimum Gasteiger partial charge on any atom is -0.493 e. The standard InChI is InChI=1S/C26H30FN3O2S/c1-19-17-30(14-13-29(19)18-20-7-12-25(31-2)26(15-20)32-3)23-10-8-22(9-11-23)28-33-24-6-4-5-21(27)16-24/h4-12,15-16,19,28H,13-14,17-18H2,1-3H3/t19-/m0/s1. The van der Waals surface area contributed by atoms with E-state index in [-0.39, 0.29) is 5.82 Å². The van der Waals surface area contributed by atoms with Gasteiger partial charge < -0.3 is 19.1 Å². The Kier molecular flexibility index (Phi) is 7.62. The number of halogens is 1. The van der Waals surface area contributed by atoms with Gasteiger partial charge in [-0.3, -0.25) is 4.90 Å². The van der Waals surface area contributed by atoms with Crippen molar-refractivity contribution in [2.45, 2.75) is 24.4 Å². The van der Waals surface area contributed by atoms with Gasteiger partial charge in [-0.2, -0.15) is 0 Å². The molecule has 1 saturated heterocycles. The number of hydrogen-bond donors (Lipinski definition) is 1. The van der Waals surface area contributed by atoms with Crippen molar-refractivity contribution in [1.82, 2.24) is 4.90 Å². The van der Waals surface area contributed by atoms with Crippen LogP contribution in [0.3, 0.4) is 0 Å². The smallest absolute Gasteiger partial charge is 0.161 e. The minimum absolute atomic E-state index is 0.225. The second kappa shape index (κ2) is 10.8. The molecule has 1 aliphatic rings. The van der Waals surface area contributed by atoms with Gasteiger partial charge in [0.25, 0.3) is 0 Å². The Labute approximate surface area is 199 Å². The molecule has 0 aliphatic carbocycles. The summed E-state index contributed by atoms with van der Waals surface area (Å²) in [5, 5.41) is 0. The molecule has 4 rings (SSSR count). The van der Waals surface area contributed by atoms with Gasteiger partial charge in [-0.05, 0) is 79.0 Å². The predicted molar refractivity (Wildman–Crippen MR) is 134 cm³/mol. The molecule has 0 amide bonds. The molecule has 0 unspecified atom stereocenters. The van der Waals surface area contributed by atoms with Crippen LogP contribution in [-0.2, 0) is 6.54 Å². The summed E-state index contributed by atoms with van der Waals surface area (Å²) in [5.41, 5.74) is 3.43. The molecule has 1 N–H and O–H groups in total. The van der Waals surface area contributed by atoms with Crippen molar-refractivity contribution in [3.05, 3.63) is 78.1 Å². The number of anilines is 2. The quantitative estimate of drug-likeness (QED) is 0.430. The number of nitrogens with one attached hydrogen (secondary N) is 1. The Morgan fingerprint density at radius 3 is 2.45 bits per heavy atom. The predicted octanol–water partition coefficient (Wildman–Crippen LogP) is 5.67. The summed E-state index contributed by atoms with van der Waals surface area (Å²) in [6.45, 7) is 6.10. The topological polar surface area (TPSA) is 37.0 Å². The van der Waals surface area contributed by atoms with E-state index in [2.05, 4.69) is 57.8 Å². The molecule has 1 aliphatic heterocycles. The number of hydrogen-bond acceptors (Lipinski definition) is 6. The first-order chi connectivity index (χ1) is 16.1. The van der Waals surface area contributed by atoms with E-state index < -0.39 is 0 Å². The summed E-state index contributed by atoms with van der Waals surface area (Å²) in [7, 11) is 3.33. The van der Waals surface area contributed by atoms with Crippen LogP contribution in [-0.4, -0.2) is 44.8 Å². The summed E-state index contributed by atoms with van der Waals surface area (Å²) in [6, 6.07) is 21.6. The van der Waals surface area contributed by atoms with Crippen molar-refractivity contribution < 1.29 is 13.9 Å². The second-order valence-corrected chi connectivity index (χ2v) is 9.04. The van der Waals surface area contributed by atoms with Crippen LogP contribution < -0.4 is 19.1 Å². The largest absolute Gasteiger partial charge is 0.493 e. The average Bonchev–Trinajstić information content (AvgIpc) is 2.84. The van der Waals surface area contributed by atoms with Crippen LogP contribution in [0.25, 0.3) is 0 Å². The average molecular weight is 468 g/mol. The van der Waals surface area contributed by atoms with E-state index in [4.69, 9.17) is 9.47 Å². The molecule has 0 bridgehead atoms. The highest BCUT2D eigenvalue weighted by Crippen LogP contribution is 2.29. The highest BCUT2D eigenvalue weighted by molar-refractivity contribution is 8.00. The van der Waals surface area contributed by atoms with Crippen molar-refractivity contribution in [3.63, 3.8) is 0 Å². The van der Waals surface area contributed by atoms with Crippen LogP contribution in [0.2, 0.25) is 0 Å². The van der Waals surface area contributed by atoms with Crippen molar-refractivity contribution in [3.8, 4) is 11.5 Å². The molecule has 174 valence electrons. The van der Waals surface area contributed by atoms with Gasteiger partial charge in [0.15, 0.2) is 11.5 Å². The lowest BCUT2D eigenvalue weighted by molar-refractivity contribution is 0.181. The van der Waals surface area contributed by atoms with Crippen LogP contribution >= 0.6 is 11.9 Å². The monoisotopic (exact) mass is 467 g/mol. The fraction of sp³-hybridized carbons (Fsp3) is 0.308. The first-order valence-corrected chi connectivity index (χ1v) is 11.9. The molecule has 33 heavy (non-hydrogen) atoms. The summed E-state index contributed by atoms with van der Waals surface area (Å²) >= 11 is 1.41. The van der Waals surface area contributed by atoms with Crippen molar-refractivity contribution in [1.29, 1.82) is 0 Å². The molecule has 0 spiro atoms. The Hall–Kier alpha value is -2.90. The van der Waals surface area contributed by atoms with E-state index in [0.29, 0.717) is 6.04 Å². The van der Waals surface area contributed by atoms with E-state index >= 15 is 0 Å². The van der Waals surface area contributed by atoms with Crippen LogP contribution in [0.15, 0.2) is 71.6 Å². The normalized spacial score (nSPS) is 16.5. The molecule has 1 fully saturated rings. The molecular formula is C26H30FN3O2S. The summed E-state index contributed by atoms with van der Waals surface area (Å²) < 4.78 is 27.4. The third kappa shape index (κ3) is 5.92. The van der Waals surface area contributed by atoms with Gasteiger partial charge in [0, 0.05) is 48.5 Å². The lowest BCUT2D eigenvalue weighted by Crippen LogP contribution is -2.51. The Bertz CT molecular complexity index is 1060. The van der Waals surface area contributed by atoms with Gasteiger partial charge in [0.1, 0.15) is 5.82 Å². The molecular weight excluding hydrogens is 437 g/mol. The van der Waals surface area contributed by atoms with Gasteiger partial charge in [0.05, 0.1) is 14.2 Å². The van der Waals surface area contributed by atoms with Gasteiger partial charge in [0.2, 0.25) is 0 Å². The third-order valence-corrected chi connectivity index (χ3v) is 6.74. The summed E-state index contributed by atoms with van der Waals surface area (Å²) in [4.78, 5) is 5.78. The maximum absolute atomic E-state index is 13.3. The molecule has 3 aromatic carbocycles. The van der Waals surface area contributed by atoms with Gasteiger partial charge in [-0.15, -0.1) is 0 Å². The van der Waals surface area contributed by atoms with E-state index in [9.17, 15) is 4.39 Å². The van der Waals surface area contributed by atoms with Crippen LogP contribution in [0.5, 0.6) is 11.5 Å². The zero-order valence-electron chi connectivity index (χ0n) is 19.3. The first kappa shape index (κ1) is 23.3. The number of methoxy groups -OCH3 is 2.